The van der Waals surface area contributed by atoms with Crippen LogP contribution in [0.1, 0.15) is 20.3 Å². The van der Waals surface area contributed by atoms with Gasteiger partial charge in [0.05, 0.1) is 13.1 Å². The number of likely N-dealkylation sites (tertiary alicyclic amines) is 1. The summed E-state index contributed by atoms with van der Waals surface area (Å²) in [5, 5.41) is 2.53. The van der Waals surface area contributed by atoms with Crippen LogP contribution in [0.3, 0.4) is 0 Å². The summed E-state index contributed by atoms with van der Waals surface area (Å²) in [5.74, 6) is -2.05. The Labute approximate surface area is 84.7 Å². The smallest absolute Gasteiger partial charge is 0.272 e. The highest BCUT2D eigenvalue weighted by atomic mass is 19.3. The van der Waals surface area contributed by atoms with Crippen molar-refractivity contribution in [3.05, 3.63) is 0 Å². The van der Waals surface area contributed by atoms with Crippen molar-refractivity contribution in [2.75, 3.05) is 26.7 Å². The molecule has 2 atom stereocenters. The Morgan fingerprint density at radius 2 is 2.07 bits per heavy atom. The zero-order valence-electron chi connectivity index (χ0n) is 9.19. The maximum atomic E-state index is 13.3. The Kier molecular flexibility index (Phi) is 3.84. The van der Waals surface area contributed by atoms with Crippen molar-refractivity contribution < 1.29 is 8.78 Å². The van der Waals surface area contributed by atoms with E-state index in [1.54, 1.807) is 7.05 Å². The Morgan fingerprint density at radius 3 is 2.50 bits per heavy atom. The zero-order valence-corrected chi connectivity index (χ0v) is 9.19. The van der Waals surface area contributed by atoms with Crippen LogP contribution in [-0.4, -0.2) is 43.5 Å². The molecular weight excluding hydrogens is 186 g/mol. The molecule has 2 unspecified atom stereocenters. The quantitative estimate of drug-likeness (QED) is 0.751. The monoisotopic (exact) mass is 206 g/mol. The predicted octanol–water partition coefficient (Wildman–Crippen LogP) is 1.57. The summed E-state index contributed by atoms with van der Waals surface area (Å²) in [5.41, 5.74) is 0. The van der Waals surface area contributed by atoms with Gasteiger partial charge in [0.15, 0.2) is 0 Å². The molecular formula is C10H20F2N2. The van der Waals surface area contributed by atoms with Gasteiger partial charge < -0.3 is 5.32 Å². The van der Waals surface area contributed by atoms with Crippen molar-refractivity contribution in [3.63, 3.8) is 0 Å². The average Bonchev–Trinajstić information content (AvgIpc) is 2.28. The number of nitrogens with one attached hydrogen (secondary N) is 1. The third kappa shape index (κ3) is 3.17. The van der Waals surface area contributed by atoms with E-state index in [1.165, 1.54) is 0 Å². The molecule has 2 nitrogen and oxygen atoms in total. The number of hydrogen-bond donors (Lipinski definition) is 1. The Balaban J connectivity index is 2.43. The van der Waals surface area contributed by atoms with Crippen molar-refractivity contribution in [2.45, 2.75) is 32.2 Å². The molecule has 1 N–H and O–H groups in total. The van der Waals surface area contributed by atoms with Crippen molar-refractivity contribution in [1.29, 1.82) is 0 Å². The Hall–Kier alpha value is -0.220. The summed E-state index contributed by atoms with van der Waals surface area (Å²) in [4.78, 5) is 1.89. The van der Waals surface area contributed by atoms with Crippen LogP contribution >= 0.6 is 0 Å². The number of hydrogen-bond acceptors (Lipinski definition) is 2. The standard InChI is InChI=1S/C10H20F2N2/c1-8-4-9(2)14(5-8)7-10(11,12)6-13-3/h8-9,13H,4-7H2,1-3H3. The van der Waals surface area contributed by atoms with Gasteiger partial charge in [-0.2, -0.15) is 0 Å². The van der Waals surface area contributed by atoms with Gasteiger partial charge in [-0.05, 0) is 26.3 Å². The van der Waals surface area contributed by atoms with Gasteiger partial charge in [-0.25, -0.2) is 8.78 Å². The van der Waals surface area contributed by atoms with Crippen molar-refractivity contribution >= 4 is 0 Å². The number of nitrogens with zero attached hydrogens (tertiary/aromatic N) is 1. The first-order valence-electron chi connectivity index (χ1n) is 5.21. The van der Waals surface area contributed by atoms with E-state index < -0.39 is 5.92 Å². The summed E-state index contributed by atoms with van der Waals surface area (Å²) in [7, 11) is 1.56. The lowest BCUT2D eigenvalue weighted by Crippen LogP contribution is -2.44. The molecule has 84 valence electrons. The van der Waals surface area contributed by atoms with E-state index in [0.717, 1.165) is 13.0 Å². The first-order chi connectivity index (χ1) is 6.44. The van der Waals surface area contributed by atoms with Crippen LogP contribution in [0.4, 0.5) is 8.78 Å². The summed E-state index contributed by atoms with van der Waals surface area (Å²) in [6.07, 6.45) is 1.04. The van der Waals surface area contributed by atoms with Crippen LogP contribution in [0.25, 0.3) is 0 Å². The topological polar surface area (TPSA) is 15.3 Å². The second-order valence-corrected chi connectivity index (χ2v) is 4.51. The lowest BCUT2D eigenvalue weighted by Gasteiger charge is -2.26. The summed E-state index contributed by atoms with van der Waals surface area (Å²) < 4.78 is 26.5. The average molecular weight is 206 g/mol. The van der Waals surface area contributed by atoms with Gasteiger partial charge in [0.1, 0.15) is 0 Å². The molecule has 0 amide bonds. The van der Waals surface area contributed by atoms with Crippen LogP contribution < -0.4 is 5.32 Å². The van der Waals surface area contributed by atoms with Gasteiger partial charge in [-0.15, -0.1) is 0 Å². The molecule has 4 heteroatoms. The SMILES string of the molecule is CNCC(F)(F)CN1CC(C)CC1C. The normalized spacial score (nSPS) is 29.8. The number of rotatable bonds is 4. The van der Waals surface area contributed by atoms with Crippen molar-refractivity contribution in [2.24, 2.45) is 5.92 Å². The van der Waals surface area contributed by atoms with Crippen LogP contribution in [0.15, 0.2) is 0 Å². The van der Waals surface area contributed by atoms with E-state index in [9.17, 15) is 8.78 Å². The van der Waals surface area contributed by atoms with Crippen molar-refractivity contribution in [3.8, 4) is 0 Å². The third-order valence-electron chi connectivity index (χ3n) is 2.78. The highest BCUT2D eigenvalue weighted by Gasteiger charge is 2.36. The zero-order chi connectivity index (χ0) is 10.8. The summed E-state index contributed by atoms with van der Waals surface area (Å²) in [6, 6.07) is 0.299. The molecule has 1 rings (SSSR count). The van der Waals surface area contributed by atoms with Gasteiger partial charge in [0.25, 0.3) is 5.92 Å². The maximum Gasteiger partial charge on any atom is 0.272 e. The number of alkyl halides is 2. The molecule has 0 radical (unpaired) electrons. The minimum absolute atomic E-state index is 0.112. The minimum atomic E-state index is -2.60. The first kappa shape index (κ1) is 11.9. The van der Waals surface area contributed by atoms with E-state index in [4.69, 9.17) is 0 Å². The molecule has 1 saturated heterocycles. The van der Waals surface area contributed by atoms with Gasteiger partial charge in [-0.3, -0.25) is 4.90 Å². The molecule has 0 aromatic carbocycles. The fraction of sp³-hybridized carbons (Fsp3) is 1.00. The number of halogens is 2. The predicted molar refractivity (Wildman–Crippen MR) is 53.7 cm³/mol. The van der Waals surface area contributed by atoms with E-state index in [1.807, 2.05) is 11.8 Å². The van der Waals surface area contributed by atoms with Crippen molar-refractivity contribution in [1.82, 2.24) is 10.2 Å². The highest BCUT2D eigenvalue weighted by molar-refractivity contribution is 4.84. The van der Waals surface area contributed by atoms with Gasteiger partial charge in [0.2, 0.25) is 0 Å². The van der Waals surface area contributed by atoms with E-state index in [2.05, 4.69) is 12.2 Å². The molecule has 0 saturated carbocycles. The Morgan fingerprint density at radius 1 is 1.43 bits per heavy atom. The molecule has 1 aliphatic rings. The van der Waals surface area contributed by atoms with E-state index in [-0.39, 0.29) is 13.1 Å². The molecule has 14 heavy (non-hydrogen) atoms. The first-order valence-corrected chi connectivity index (χ1v) is 5.21. The lowest BCUT2D eigenvalue weighted by atomic mass is 10.1. The van der Waals surface area contributed by atoms with Gasteiger partial charge >= 0.3 is 0 Å². The molecule has 0 aliphatic carbocycles. The van der Waals surface area contributed by atoms with Crippen LogP contribution in [-0.2, 0) is 0 Å². The maximum absolute atomic E-state index is 13.3. The lowest BCUT2D eigenvalue weighted by molar-refractivity contribution is -0.0312. The summed E-state index contributed by atoms with van der Waals surface area (Å²) in [6.45, 7) is 4.61. The molecule has 0 aromatic rings. The van der Waals surface area contributed by atoms with Gasteiger partial charge in [-0.1, -0.05) is 6.92 Å². The van der Waals surface area contributed by atoms with Crippen LogP contribution in [0.2, 0.25) is 0 Å². The van der Waals surface area contributed by atoms with Gasteiger partial charge in [0, 0.05) is 12.6 Å². The molecule has 1 fully saturated rings. The molecule has 0 aromatic heterocycles. The third-order valence-corrected chi connectivity index (χ3v) is 2.78. The van der Waals surface area contributed by atoms with Crippen LogP contribution in [0.5, 0.6) is 0 Å². The fourth-order valence-electron chi connectivity index (χ4n) is 2.22. The summed E-state index contributed by atoms with van der Waals surface area (Å²) >= 11 is 0. The molecule has 1 aliphatic heterocycles. The fourth-order valence-corrected chi connectivity index (χ4v) is 2.22. The Bertz CT molecular complexity index is 185. The van der Waals surface area contributed by atoms with E-state index >= 15 is 0 Å². The van der Waals surface area contributed by atoms with Crippen LogP contribution in [0, 0.1) is 5.92 Å². The molecule has 0 bridgehead atoms. The second-order valence-electron chi connectivity index (χ2n) is 4.51. The second kappa shape index (κ2) is 4.53. The highest BCUT2D eigenvalue weighted by Crippen LogP contribution is 2.25. The molecule has 1 heterocycles. The molecule has 0 spiro atoms. The minimum Gasteiger partial charge on any atom is -0.314 e. The largest absolute Gasteiger partial charge is 0.314 e. The van der Waals surface area contributed by atoms with E-state index in [0.29, 0.717) is 12.0 Å².